The number of rotatable bonds is 6. The molecule has 0 aliphatic heterocycles. The van der Waals surface area contributed by atoms with Gasteiger partial charge in [0.15, 0.2) is 0 Å². The molecule has 1 amide bonds. The molecule has 142 valence electrons. The van der Waals surface area contributed by atoms with Gasteiger partial charge in [-0.3, -0.25) is 9.89 Å². The number of hydrogen-bond donors (Lipinski definition) is 4. The number of benzene rings is 2. The van der Waals surface area contributed by atoms with Gasteiger partial charge in [-0.15, -0.1) is 11.3 Å². The lowest BCUT2D eigenvalue weighted by molar-refractivity contribution is 0.100. The Hall–Kier alpha value is -3.23. The zero-order valence-corrected chi connectivity index (χ0v) is 16.0. The fourth-order valence-corrected chi connectivity index (χ4v) is 3.91. The van der Waals surface area contributed by atoms with Gasteiger partial charge in [-0.05, 0) is 37.3 Å². The predicted molar refractivity (Wildman–Crippen MR) is 110 cm³/mol. The number of aliphatic hydroxyl groups excluding tert-OH is 1. The van der Waals surface area contributed by atoms with E-state index in [0.717, 1.165) is 32.0 Å². The molecule has 0 fully saturated rings. The third-order valence-corrected chi connectivity index (χ3v) is 5.32. The molecule has 0 spiro atoms. The van der Waals surface area contributed by atoms with Crippen molar-refractivity contribution in [3.05, 3.63) is 64.1 Å². The van der Waals surface area contributed by atoms with Crippen LogP contribution in [-0.4, -0.2) is 32.4 Å². The molecule has 28 heavy (non-hydrogen) atoms. The summed E-state index contributed by atoms with van der Waals surface area (Å²) >= 11 is 1.57. The van der Waals surface area contributed by atoms with Gasteiger partial charge < -0.3 is 16.2 Å². The monoisotopic (exact) mass is 393 g/mol. The first-order chi connectivity index (χ1) is 13.5. The van der Waals surface area contributed by atoms with Crippen molar-refractivity contribution >= 4 is 33.8 Å². The molecule has 1 atom stereocenters. The number of aliphatic hydroxyl groups is 1. The Morgan fingerprint density at radius 2 is 2.18 bits per heavy atom. The number of hydrogen-bond acceptors (Lipinski definition) is 6. The van der Waals surface area contributed by atoms with Crippen LogP contribution < -0.4 is 11.1 Å². The lowest BCUT2D eigenvalue weighted by atomic mass is 10.0. The number of anilines is 1. The molecule has 0 bridgehead atoms. The summed E-state index contributed by atoms with van der Waals surface area (Å²) in [5.41, 5.74) is 8.99. The highest BCUT2D eigenvalue weighted by Crippen LogP contribution is 2.29. The molecule has 1 unspecified atom stereocenters. The minimum atomic E-state index is -0.729. The summed E-state index contributed by atoms with van der Waals surface area (Å²) in [7, 11) is 0. The van der Waals surface area contributed by atoms with Crippen molar-refractivity contribution in [1.82, 2.24) is 15.2 Å². The number of H-pyrrole nitrogens is 1. The molecule has 0 aliphatic rings. The topological polar surface area (TPSA) is 117 Å². The van der Waals surface area contributed by atoms with Crippen LogP contribution in [0.25, 0.3) is 22.2 Å². The van der Waals surface area contributed by atoms with Crippen LogP contribution in [0.3, 0.4) is 0 Å². The van der Waals surface area contributed by atoms with Crippen molar-refractivity contribution in [2.24, 2.45) is 5.73 Å². The smallest absolute Gasteiger partial charge is 0.248 e. The van der Waals surface area contributed by atoms with Crippen molar-refractivity contribution in [3.8, 4) is 11.3 Å². The molecule has 2 heterocycles. The van der Waals surface area contributed by atoms with Crippen LogP contribution in [-0.2, 0) is 6.42 Å². The molecule has 4 aromatic rings. The van der Waals surface area contributed by atoms with E-state index in [1.807, 2.05) is 31.2 Å². The van der Waals surface area contributed by atoms with E-state index in [4.69, 9.17) is 5.73 Å². The number of aromatic amines is 1. The highest BCUT2D eigenvalue weighted by molar-refractivity contribution is 7.11. The van der Waals surface area contributed by atoms with Crippen LogP contribution in [0.2, 0.25) is 0 Å². The van der Waals surface area contributed by atoms with Gasteiger partial charge in [-0.2, -0.15) is 5.10 Å². The number of fused-ring (bicyclic) bond motifs is 1. The summed E-state index contributed by atoms with van der Waals surface area (Å²) in [6.07, 6.45) is 1.53. The molecule has 0 saturated heterocycles. The Labute approximate surface area is 165 Å². The van der Waals surface area contributed by atoms with Crippen LogP contribution in [0.5, 0.6) is 0 Å². The minimum Gasteiger partial charge on any atom is -0.373 e. The second-order valence-corrected chi connectivity index (χ2v) is 7.81. The molecule has 2 aromatic carbocycles. The van der Waals surface area contributed by atoms with E-state index in [0.29, 0.717) is 17.7 Å². The molecular formula is C20H19N5O2S. The maximum Gasteiger partial charge on any atom is 0.248 e. The van der Waals surface area contributed by atoms with Gasteiger partial charge in [0.1, 0.15) is 6.23 Å². The van der Waals surface area contributed by atoms with E-state index in [1.165, 1.54) is 0 Å². The molecule has 5 N–H and O–H groups in total. The highest BCUT2D eigenvalue weighted by atomic mass is 32.1. The Morgan fingerprint density at radius 3 is 2.93 bits per heavy atom. The first-order valence-corrected chi connectivity index (χ1v) is 9.55. The minimum absolute atomic E-state index is 0.430. The lowest BCUT2D eigenvalue weighted by Gasteiger charge is -2.14. The number of primary amides is 1. The predicted octanol–water partition coefficient (Wildman–Crippen LogP) is 3.07. The number of nitrogens with zero attached hydrogens (tertiary/aromatic N) is 2. The summed E-state index contributed by atoms with van der Waals surface area (Å²) in [4.78, 5) is 16.7. The van der Waals surface area contributed by atoms with Gasteiger partial charge in [-0.25, -0.2) is 4.98 Å². The molecule has 7 nitrogen and oxygen atoms in total. The first kappa shape index (κ1) is 18.1. The van der Waals surface area contributed by atoms with Crippen molar-refractivity contribution in [1.29, 1.82) is 0 Å². The largest absolute Gasteiger partial charge is 0.373 e. The maximum absolute atomic E-state index is 11.5. The van der Waals surface area contributed by atoms with E-state index < -0.39 is 12.1 Å². The molecule has 0 saturated carbocycles. The van der Waals surface area contributed by atoms with Crippen molar-refractivity contribution < 1.29 is 9.90 Å². The number of thiazole rings is 1. The van der Waals surface area contributed by atoms with Gasteiger partial charge in [0.25, 0.3) is 0 Å². The zero-order valence-electron chi connectivity index (χ0n) is 15.1. The van der Waals surface area contributed by atoms with E-state index in [-0.39, 0.29) is 0 Å². The number of carbonyl (C=O) groups excluding carboxylic acids is 1. The zero-order chi connectivity index (χ0) is 19.7. The summed E-state index contributed by atoms with van der Waals surface area (Å²) in [6, 6.07) is 12.8. The van der Waals surface area contributed by atoms with E-state index >= 15 is 0 Å². The van der Waals surface area contributed by atoms with Crippen molar-refractivity contribution in [3.63, 3.8) is 0 Å². The van der Waals surface area contributed by atoms with Crippen LogP contribution >= 0.6 is 11.3 Å². The first-order valence-electron chi connectivity index (χ1n) is 8.74. The van der Waals surface area contributed by atoms with Crippen LogP contribution in [0.15, 0.2) is 48.7 Å². The number of nitrogens with one attached hydrogen (secondary N) is 2. The third kappa shape index (κ3) is 3.73. The van der Waals surface area contributed by atoms with Crippen LogP contribution in [0.4, 0.5) is 5.69 Å². The number of aromatic nitrogens is 3. The van der Waals surface area contributed by atoms with Gasteiger partial charge in [0, 0.05) is 39.7 Å². The number of carbonyl (C=O) groups is 1. The Morgan fingerprint density at radius 1 is 1.32 bits per heavy atom. The summed E-state index contributed by atoms with van der Waals surface area (Å²) in [5, 5.41) is 22.6. The molecule has 0 aliphatic carbocycles. The Balaban J connectivity index is 1.59. The maximum atomic E-state index is 11.5. The third-order valence-electron chi connectivity index (χ3n) is 4.38. The molecule has 8 heteroatoms. The number of amides is 1. The van der Waals surface area contributed by atoms with E-state index in [1.54, 1.807) is 35.7 Å². The average Bonchev–Trinajstić information content (AvgIpc) is 3.27. The Kier molecular flexibility index (Phi) is 4.81. The van der Waals surface area contributed by atoms with Gasteiger partial charge in [-0.1, -0.05) is 12.1 Å². The second-order valence-electron chi connectivity index (χ2n) is 6.49. The lowest BCUT2D eigenvalue weighted by Crippen LogP contribution is -2.20. The standard InChI is InChI=1S/C20H19N5O2S/c1-11-22-10-15(28-11)9-18(26)23-14-4-2-3-12(7-14)19-16-8-13(20(21)27)5-6-17(16)24-25-19/h2-8,10,18,23,26H,9H2,1H3,(H2,21,27)(H,24,25). The van der Waals surface area contributed by atoms with Crippen molar-refractivity contribution in [2.45, 2.75) is 19.6 Å². The van der Waals surface area contributed by atoms with Gasteiger partial charge in [0.05, 0.1) is 16.2 Å². The van der Waals surface area contributed by atoms with E-state index in [2.05, 4.69) is 20.5 Å². The van der Waals surface area contributed by atoms with E-state index in [9.17, 15) is 9.90 Å². The fourth-order valence-electron chi connectivity index (χ4n) is 3.08. The highest BCUT2D eigenvalue weighted by Gasteiger charge is 2.13. The summed E-state index contributed by atoms with van der Waals surface area (Å²) in [6.45, 7) is 1.94. The van der Waals surface area contributed by atoms with Gasteiger partial charge >= 0.3 is 0 Å². The SMILES string of the molecule is Cc1ncc(CC(O)Nc2cccc(-c3n[nH]c4ccc(C(N)=O)cc34)c2)s1. The molecule has 0 radical (unpaired) electrons. The summed E-state index contributed by atoms with van der Waals surface area (Å²) < 4.78 is 0. The molecule has 4 rings (SSSR count). The number of nitrogens with two attached hydrogens (primary N) is 1. The molecule has 2 aromatic heterocycles. The quantitative estimate of drug-likeness (QED) is 0.376. The van der Waals surface area contributed by atoms with Gasteiger partial charge in [0.2, 0.25) is 5.91 Å². The number of aryl methyl sites for hydroxylation is 1. The second kappa shape index (κ2) is 7.41. The average molecular weight is 393 g/mol. The fraction of sp³-hybridized carbons (Fsp3) is 0.150. The normalized spacial score (nSPS) is 12.2. The van der Waals surface area contributed by atoms with Crippen LogP contribution in [0.1, 0.15) is 20.2 Å². The van der Waals surface area contributed by atoms with Crippen LogP contribution in [0, 0.1) is 6.92 Å². The van der Waals surface area contributed by atoms with Crippen molar-refractivity contribution in [2.75, 3.05) is 5.32 Å². The Bertz CT molecular complexity index is 1150. The summed E-state index contributed by atoms with van der Waals surface area (Å²) in [5.74, 6) is -0.481. The molecular weight excluding hydrogens is 374 g/mol.